The summed E-state index contributed by atoms with van der Waals surface area (Å²) in [5.41, 5.74) is 2.49. The lowest BCUT2D eigenvalue weighted by atomic mass is 10.5. The lowest BCUT2D eigenvalue weighted by Gasteiger charge is -2.24. The van der Waals surface area contributed by atoms with Crippen molar-refractivity contribution in [2.45, 2.75) is 32.7 Å². The fraction of sp³-hybridized carbons (Fsp3) is 0.750. The summed E-state index contributed by atoms with van der Waals surface area (Å²) in [4.78, 5) is 17.2. The molecule has 0 amide bonds. The monoisotopic (exact) mass is 281 g/mol. The van der Waals surface area contributed by atoms with Gasteiger partial charge in [-0.05, 0) is 26.7 Å². The second-order valence-corrected chi connectivity index (χ2v) is 4.72. The molecular formula is C12H23N7O. The molecule has 0 aliphatic heterocycles. The Labute approximate surface area is 119 Å². The van der Waals surface area contributed by atoms with Crippen LogP contribution in [0.25, 0.3) is 0 Å². The molecule has 0 aromatic carbocycles. The maximum atomic E-state index is 9.21. The Hall–Kier alpha value is -1.67. The van der Waals surface area contributed by atoms with E-state index in [2.05, 4.69) is 34.2 Å². The SMILES string of the molecule is CCN(CC)c1nc(NN)nc(N(CCO)C2CC2)n1. The van der Waals surface area contributed by atoms with Gasteiger partial charge in [-0.2, -0.15) is 15.0 Å². The third kappa shape index (κ3) is 3.26. The molecule has 0 bridgehead atoms. The van der Waals surface area contributed by atoms with Crippen molar-refractivity contribution in [3.63, 3.8) is 0 Å². The molecule has 2 rings (SSSR count). The zero-order chi connectivity index (χ0) is 14.5. The number of aliphatic hydroxyl groups is 1. The van der Waals surface area contributed by atoms with E-state index in [4.69, 9.17) is 5.84 Å². The minimum absolute atomic E-state index is 0.0776. The first kappa shape index (κ1) is 14.7. The van der Waals surface area contributed by atoms with Crippen molar-refractivity contribution in [1.82, 2.24) is 15.0 Å². The van der Waals surface area contributed by atoms with Gasteiger partial charge >= 0.3 is 0 Å². The van der Waals surface area contributed by atoms with Crippen LogP contribution in [-0.2, 0) is 0 Å². The molecular weight excluding hydrogens is 258 g/mol. The molecule has 1 aliphatic rings. The van der Waals surface area contributed by atoms with Gasteiger partial charge in [-0.3, -0.25) is 5.43 Å². The molecule has 0 saturated heterocycles. The molecule has 0 atom stereocenters. The van der Waals surface area contributed by atoms with E-state index >= 15 is 0 Å². The summed E-state index contributed by atoms with van der Waals surface area (Å²) in [6.07, 6.45) is 2.22. The Kier molecular flexibility index (Phi) is 4.91. The Morgan fingerprint density at radius 2 is 1.85 bits per heavy atom. The van der Waals surface area contributed by atoms with E-state index in [0.29, 0.717) is 30.4 Å². The van der Waals surface area contributed by atoms with Gasteiger partial charge in [0.2, 0.25) is 17.8 Å². The predicted octanol–water partition coefficient (Wildman–Crippen LogP) is -0.0355. The first-order chi connectivity index (χ1) is 9.73. The van der Waals surface area contributed by atoms with Crippen LogP contribution in [0.1, 0.15) is 26.7 Å². The Balaban J connectivity index is 2.33. The van der Waals surface area contributed by atoms with Crippen LogP contribution in [0.3, 0.4) is 0 Å². The maximum Gasteiger partial charge on any atom is 0.243 e. The fourth-order valence-corrected chi connectivity index (χ4v) is 2.13. The van der Waals surface area contributed by atoms with Gasteiger partial charge in [0.1, 0.15) is 0 Å². The third-order valence-corrected chi connectivity index (χ3v) is 3.37. The standard InChI is InChI=1S/C12H23N7O/c1-3-18(4-2)11-14-10(17-13)15-12(16-11)19(7-8-20)9-5-6-9/h9,20H,3-8,13H2,1-2H3,(H,14,15,16,17). The van der Waals surface area contributed by atoms with Crippen molar-refractivity contribution < 1.29 is 5.11 Å². The van der Waals surface area contributed by atoms with E-state index < -0.39 is 0 Å². The van der Waals surface area contributed by atoms with Gasteiger partial charge in [0.15, 0.2) is 0 Å². The molecule has 8 nitrogen and oxygen atoms in total. The first-order valence-corrected chi connectivity index (χ1v) is 7.08. The summed E-state index contributed by atoms with van der Waals surface area (Å²) in [7, 11) is 0. The highest BCUT2D eigenvalue weighted by Gasteiger charge is 2.31. The van der Waals surface area contributed by atoms with Crippen molar-refractivity contribution in [2.24, 2.45) is 5.84 Å². The smallest absolute Gasteiger partial charge is 0.243 e. The summed E-state index contributed by atoms with van der Waals surface area (Å²) in [6.45, 7) is 6.33. The minimum atomic E-state index is 0.0776. The molecule has 20 heavy (non-hydrogen) atoms. The van der Waals surface area contributed by atoms with Gasteiger partial charge in [0.25, 0.3) is 0 Å². The summed E-state index contributed by atoms with van der Waals surface area (Å²) in [6, 6.07) is 0.416. The lowest BCUT2D eigenvalue weighted by Crippen LogP contribution is -2.33. The van der Waals surface area contributed by atoms with Crippen LogP contribution in [0.15, 0.2) is 0 Å². The number of anilines is 3. The number of hydrogen-bond donors (Lipinski definition) is 3. The number of hydrazine groups is 1. The van der Waals surface area contributed by atoms with E-state index in [1.807, 2.05) is 9.80 Å². The summed E-state index contributed by atoms with van der Waals surface area (Å²) >= 11 is 0. The zero-order valence-electron chi connectivity index (χ0n) is 12.1. The van der Waals surface area contributed by atoms with Gasteiger partial charge in [0, 0.05) is 25.7 Å². The third-order valence-electron chi connectivity index (χ3n) is 3.37. The summed E-state index contributed by atoms with van der Waals surface area (Å²) in [5.74, 6) is 6.98. The highest BCUT2D eigenvalue weighted by molar-refractivity contribution is 5.46. The number of nitrogens with one attached hydrogen (secondary N) is 1. The van der Waals surface area contributed by atoms with Crippen molar-refractivity contribution in [1.29, 1.82) is 0 Å². The number of hydrogen-bond acceptors (Lipinski definition) is 8. The zero-order valence-corrected chi connectivity index (χ0v) is 12.1. The summed E-state index contributed by atoms with van der Waals surface area (Å²) < 4.78 is 0. The van der Waals surface area contributed by atoms with Gasteiger partial charge in [0.05, 0.1) is 6.61 Å². The van der Waals surface area contributed by atoms with E-state index in [-0.39, 0.29) is 6.61 Å². The lowest BCUT2D eigenvalue weighted by molar-refractivity contribution is 0.300. The molecule has 8 heteroatoms. The van der Waals surface area contributed by atoms with Crippen molar-refractivity contribution >= 4 is 17.8 Å². The molecule has 4 N–H and O–H groups in total. The highest BCUT2D eigenvalue weighted by Crippen LogP contribution is 2.30. The normalized spacial score (nSPS) is 14.2. The van der Waals surface area contributed by atoms with Gasteiger partial charge in [-0.25, -0.2) is 5.84 Å². The van der Waals surface area contributed by atoms with E-state index in [1.165, 1.54) is 0 Å². The fourth-order valence-electron chi connectivity index (χ4n) is 2.13. The quantitative estimate of drug-likeness (QED) is 0.450. The Morgan fingerprint density at radius 1 is 1.20 bits per heavy atom. The molecule has 1 saturated carbocycles. The van der Waals surface area contributed by atoms with Crippen LogP contribution in [0.4, 0.5) is 17.8 Å². The van der Waals surface area contributed by atoms with Crippen LogP contribution in [0.5, 0.6) is 0 Å². The van der Waals surface area contributed by atoms with Crippen molar-refractivity contribution in [3.05, 3.63) is 0 Å². The predicted molar refractivity (Wildman–Crippen MR) is 78.7 cm³/mol. The first-order valence-electron chi connectivity index (χ1n) is 7.08. The second kappa shape index (κ2) is 6.67. The van der Waals surface area contributed by atoms with Crippen LogP contribution in [0.2, 0.25) is 0 Å². The molecule has 1 aromatic heterocycles. The maximum absolute atomic E-state index is 9.21. The molecule has 1 aliphatic carbocycles. The van der Waals surface area contributed by atoms with E-state index in [1.54, 1.807) is 0 Å². The summed E-state index contributed by atoms with van der Waals surface area (Å²) in [5, 5.41) is 9.21. The van der Waals surface area contributed by atoms with Crippen LogP contribution >= 0.6 is 0 Å². The molecule has 112 valence electrons. The van der Waals surface area contributed by atoms with Gasteiger partial charge in [-0.1, -0.05) is 0 Å². The number of aliphatic hydroxyl groups excluding tert-OH is 1. The van der Waals surface area contributed by atoms with Crippen molar-refractivity contribution in [2.75, 3.05) is 41.5 Å². The number of nitrogens with two attached hydrogens (primary N) is 1. The number of rotatable bonds is 8. The number of nitrogen functional groups attached to an aromatic ring is 1. The Morgan fingerprint density at radius 3 is 2.35 bits per heavy atom. The Bertz CT molecular complexity index is 434. The number of nitrogens with zero attached hydrogens (tertiary/aromatic N) is 5. The van der Waals surface area contributed by atoms with Crippen molar-refractivity contribution in [3.8, 4) is 0 Å². The molecule has 1 heterocycles. The average molecular weight is 281 g/mol. The van der Waals surface area contributed by atoms with Gasteiger partial charge in [-0.15, -0.1) is 0 Å². The average Bonchev–Trinajstić information content (AvgIpc) is 3.30. The largest absolute Gasteiger partial charge is 0.395 e. The van der Waals surface area contributed by atoms with E-state index in [0.717, 1.165) is 25.9 Å². The highest BCUT2D eigenvalue weighted by atomic mass is 16.3. The molecule has 0 unspecified atom stereocenters. The van der Waals surface area contributed by atoms with Crippen LogP contribution in [-0.4, -0.2) is 52.3 Å². The molecule has 0 spiro atoms. The molecule has 1 fully saturated rings. The van der Waals surface area contributed by atoms with E-state index in [9.17, 15) is 5.11 Å². The molecule has 1 aromatic rings. The van der Waals surface area contributed by atoms with Crippen LogP contribution < -0.4 is 21.1 Å². The molecule has 0 radical (unpaired) electrons. The van der Waals surface area contributed by atoms with Crippen LogP contribution in [0, 0.1) is 0 Å². The number of aromatic nitrogens is 3. The minimum Gasteiger partial charge on any atom is -0.395 e. The second-order valence-electron chi connectivity index (χ2n) is 4.72. The van der Waals surface area contributed by atoms with Gasteiger partial charge < -0.3 is 14.9 Å². The topological polar surface area (TPSA) is 103 Å².